The van der Waals surface area contributed by atoms with Gasteiger partial charge in [0.15, 0.2) is 6.10 Å². The molecule has 0 fully saturated rings. The Morgan fingerprint density at radius 2 is 0.759 bits per heavy atom. The monoisotopic (exact) mass is 753 g/mol. The van der Waals surface area contributed by atoms with Gasteiger partial charge in [-0.3, -0.25) is 14.4 Å². The van der Waals surface area contributed by atoms with Crippen molar-refractivity contribution in [1.29, 1.82) is 0 Å². The molecule has 0 rings (SSSR count). The van der Waals surface area contributed by atoms with Crippen LogP contribution in [0.25, 0.3) is 0 Å². The van der Waals surface area contributed by atoms with Gasteiger partial charge in [-0.2, -0.15) is 0 Å². The zero-order valence-electron chi connectivity index (χ0n) is 35.0. The summed E-state index contributed by atoms with van der Waals surface area (Å²) in [5.74, 6) is -0.985. The minimum atomic E-state index is -0.798. The molecule has 54 heavy (non-hydrogen) atoms. The minimum Gasteiger partial charge on any atom is -0.462 e. The standard InChI is InChI=1S/C48H80O6/c1-4-7-10-13-16-19-21-23-24-25-27-29-32-35-38-41-47(50)53-44-45(43-52-46(49)40-37-34-31-28-18-15-12-9-6-3)54-48(51)42-39-36-33-30-26-22-20-17-14-11-8-5-2/h7,10,13,16,19,21,23-25,27-28,31,45H,4-6,8-9,11-12,14-15,17-18,20,22,26,29-30,32-44H2,1-3H3/b10-7-,16-13-,21-19-,24-23-,27-25-,31-28-. The molecule has 0 aliphatic carbocycles. The highest BCUT2D eigenvalue weighted by atomic mass is 16.6. The lowest BCUT2D eigenvalue weighted by Gasteiger charge is -2.18. The molecule has 0 radical (unpaired) electrons. The molecule has 0 N–H and O–H groups in total. The van der Waals surface area contributed by atoms with Crippen molar-refractivity contribution >= 4 is 17.9 Å². The maximum Gasteiger partial charge on any atom is 0.306 e. The second-order valence-electron chi connectivity index (χ2n) is 14.3. The van der Waals surface area contributed by atoms with Crippen LogP contribution in [0.5, 0.6) is 0 Å². The number of carbonyl (C=O) groups excluding carboxylic acids is 3. The smallest absolute Gasteiger partial charge is 0.306 e. The van der Waals surface area contributed by atoms with E-state index >= 15 is 0 Å². The predicted octanol–water partition coefficient (Wildman–Crippen LogP) is 13.9. The van der Waals surface area contributed by atoms with Gasteiger partial charge < -0.3 is 14.2 Å². The molecular weight excluding hydrogens is 673 g/mol. The van der Waals surface area contributed by atoms with Gasteiger partial charge in [0.2, 0.25) is 0 Å². The average molecular weight is 753 g/mol. The van der Waals surface area contributed by atoms with Crippen LogP contribution >= 0.6 is 0 Å². The molecule has 6 heteroatoms. The summed E-state index contributed by atoms with van der Waals surface area (Å²) < 4.78 is 16.6. The Balaban J connectivity index is 4.48. The summed E-state index contributed by atoms with van der Waals surface area (Å²) in [5, 5.41) is 0. The van der Waals surface area contributed by atoms with E-state index in [9.17, 15) is 14.4 Å². The third-order valence-corrected chi connectivity index (χ3v) is 9.07. The van der Waals surface area contributed by atoms with Crippen LogP contribution in [0.1, 0.15) is 194 Å². The van der Waals surface area contributed by atoms with E-state index in [0.29, 0.717) is 25.7 Å². The van der Waals surface area contributed by atoms with E-state index in [1.54, 1.807) is 0 Å². The van der Waals surface area contributed by atoms with E-state index in [1.807, 2.05) is 48.6 Å². The average Bonchev–Trinajstić information content (AvgIpc) is 3.17. The van der Waals surface area contributed by atoms with Crippen LogP contribution in [0.15, 0.2) is 72.9 Å². The highest BCUT2D eigenvalue weighted by Gasteiger charge is 2.19. The molecule has 0 amide bonds. The third-order valence-electron chi connectivity index (χ3n) is 9.07. The Morgan fingerprint density at radius 3 is 1.28 bits per heavy atom. The number of esters is 3. The first-order chi connectivity index (χ1) is 26.5. The zero-order chi connectivity index (χ0) is 39.4. The van der Waals surface area contributed by atoms with Crippen molar-refractivity contribution < 1.29 is 28.6 Å². The van der Waals surface area contributed by atoms with Gasteiger partial charge in [-0.15, -0.1) is 0 Å². The summed E-state index contributed by atoms with van der Waals surface area (Å²) in [6.45, 7) is 6.37. The largest absolute Gasteiger partial charge is 0.462 e. The molecule has 0 aliphatic rings. The topological polar surface area (TPSA) is 78.9 Å². The second-order valence-corrected chi connectivity index (χ2v) is 14.3. The van der Waals surface area contributed by atoms with Gasteiger partial charge >= 0.3 is 17.9 Å². The highest BCUT2D eigenvalue weighted by molar-refractivity contribution is 5.71. The van der Waals surface area contributed by atoms with E-state index < -0.39 is 6.10 Å². The fourth-order valence-electron chi connectivity index (χ4n) is 5.76. The molecular formula is C48H80O6. The molecule has 0 aromatic rings. The van der Waals surface area contributed by atoms with E-state index in [-0.39, 0.29) is 31.1 Å². The summed E-state index contributed by atoms with van der Waals surface area (Å²) >= 11 is 0. The summed E-state index contributed by atoms with van der Waals surface area (Å²) in [6.07, 6.45) is 51.7. The van der Waals surface area contributed by atoms with E-state index in [0.717, 1.165) is 64.2 Å². The molecule has 6 nitrogen and oxygen atoms in total. The Morgan fingerprint density at radius 1 is 0.389 bits per heavy atom. The number of ether oxygens (including phenoxy) is 3. The molecule has 1 unspecified atom stereocenters. The van der Waals surface area contributed by atoms with E-state index in [2.05, 4.69) is 45.1 Å². The number of unbranched alkanes of at least 4 members (excludes halogenated alkanes) is 19. The highest BCUT2D eigenvalue weighted by Crippen LogP contribution is 2.14. The lowest BCUT2D eigenvalue weighted by molar-refractivity contribution is -0.167. The van der Waals surface area contributed by atoms with Crippen molar-refractivity contribution in [3.8, 4) is 0 Å². The Labute approximate surface area is 332 Å². The molecule has 308 valence electrons. The molecule has 0 saturated carbocycles. The Hall–Kier alpha value is -3.15. The lowest BCUT2D eigenvalue weighted by atomic mass is 10.0. The SMILES string of the molecule is CC\C=C/C=C\C=C/C=C\C=C/CCCCCC(=O)OCC(COC(=O)CCC/C=C\CCCCCC)OC(=O)CCCCCCCCCCCCCC. The number of hydrogen-bond donors (Lipinski definition) is 0. The van der Waals surface area contributed by atoms with Crippen LogP contribution in [-0.2, 0) is 28.6 Å². The van der Waals surface area contributed by atoms with Crippen molar-refractivity contribution in [1.82, 2.24) is 0 Å². The number of allylic oxidation sites excluding steroid dienone is 12. The zero-order valence-corrected chi connectivity index (χ0v) is 35.0. The number of hydrogen-bond acceptors (Lipinski definition) is 6. The predicted molar refractivity (Wildman–Crippen MR) is 228 cm³/mol. The summed E-state index contributed by atoms with van der Waals surface area (Å²) in [4.78, 5) is 37.6. The van der Waals surface area contributed by atoms with Crippen LogP contribution in [-0.4, -0.2) is 37.2 Å². The molecule has 0 aliphatic heterocycles. The van der Waals surface area contributed by atoms with Crippen LogP contribution in [0.3, 0.4) is 0 Å². The van der Waals surface area contributed by atoms with Crippen molar-refractivity contribution in [2.24, 2.45) is 0 Å². The van der Waals surface area contributed by atoms with Crippen molar-refractivity contribution in [2.45, 2.75) is 200 Å². The van der Waals surface area contributed by atoms with Gasteiger partial charge in [0.25, 0.3) is 0 Å². The van der Waals surface area contributed by atoms with Gasteiger partial charge in [0.05, 0.1) is 0 Å². The van der Waals surface area contributed by atoms with Gasteiger partial charge in [-0.1, -0.05) is 190 Å². The van der Waals surface area contributed by atoms with Crippen LogP contribution in [0.2, 0.25) is 0 Å². The Bertz CT molecular complexity index is 1050. The fourth-order valence-corrected chi connectivity index (χ4v) is 5.76. The fraction of sp³-hybridized carbons (Fsp3) is 0.688. The lowest BCUT2D eigenvalue weighted by Crippen LogP contribution is -2.30. The molecule has 0 spiro atoms. The maximum atomic E-state index is 12.7. The first-order valence-electron chi connectivity index (χ1n) is 22.0. The van der Waals surface area contributed by atoms with Gasteiger partial charge in [0.1, 0.15) is 13.2 Å². The quantitative estimate of drug-likeness (QED) is 0.0205. The van der Waals surface area contributed by atoms with E-state index in [1.165, 1.54) is 83.5 Å². The molecule has 0 aromatic heterocycles. The number of rotatable bonds is 38. The first kappa shape index (κ1) is 50.9. The second kappa shape index (κ2) is 42.6. The van der Waals surface area contributed by atoms with Crippen molar-refractivity contribution in [2.75, 3.05) is 13.2 Å². The van der Waals surface area contributed by atoms with Crippen molar-refractivity contribution in [3.05, 3.63) is 72.9 Å². The first-order valence-corrected chi connectivity index (χ1v) is 22.0. The van der Waals surface area contributed by atoms with Crippen LogP contribution in [0.4, 0.5) is 0 Å². The van der Waals surface area contributed by atoms with Gasteiger partial charge in [0, 0.05) is 19.3 Å². The number of carbonyl (C=O) groups is 3. The molecule has 0 aromatic carbocycles. The molecule has 0 bridgehead atoms. The van der Waals surface area contributed by atoms with Crippen LogP contribution < -0.4 is 0 Å². The van der Waals surface area contributed by atoms with Crippen molar-refractivity contribution in [3.63, 3.8) is 0 Å². The van der Waals surface area contributed by atoms with Gasteiger partial charge in [-0.25, -0.2) is 0 Å². The normalized spacial score (nSPS) is 12.7. The Kier molecular flexibility index (Phi) is 40.1. The van der Waals surface area contributed by atoms with Gasteiger partial charge in [-0.05, 0) is 57.8 Å². The summed E-state index contributed by atoms with van der Waals surface area (Å²) in [7, 11) is 0. The van der Waals surface area contributed by atoms with Crippen LogP contribution in [0, 0.1) is 0 Å². The maximum absolute atomic E-state index is 12.7. The van der Waals surface area contributed by atoms with E-state index in [4.69, 9.17) is 14.2 Å². The molecule has 0 saturated heterocycles. The molecule has 0 heterocycles. The molecule has 1 atom stereocenters. The summed E-state index contributed by atoms with van der Waals surface area (Å²) in [5.41, 5.74) is 0. The summed E-state index contributed by atoms with van der Waals surface area (Å²) in [6, 6.07) is 0. The minimum absolute atomic E-state index is 0.104. The third kappa shape index (κ3) is 40.0.